The number of anilines is 1. The van der Waals surface area contributed by atoms with Gasteiger partial charge in [-0.3, -0.25) is 10.1 Å². The number of rotatable bonds is 8. The second-order valence-corrected chi connectivity index (χ2v) is 9.10. The lowest BCUT2D eigenvalue weighted by Crippen LogP contribution is -2.29. The van der Waals surface area contributed by atoms with Crippen LogP contribution in [0.5, 0.6) is 5.75 Å². The maximum absolute atomic E-state index is 13.0. The first-order valence-corrected chi connectivity index (χ1v) is 12.1. The molecule has 0 saturated carbocycles. The largest absolute Gasteiger partial charge is 0.502 e. The molecule has 182 valence electrons. The number of phenols is 1. The Morgan fingerprint density at radius 1 is 1.34 bits per heavy atom. The summed E-state index contributed by atoms with van der Waals surface area (Å²) < 4.78 is 6.89. The van der Waals surface area contributed by atoms with Crippen molar-refractivity contribution in [1.82, 2.24) is 14.8 Å². The topological polar surface area (TPSA) is 132 Å². The molecular formula is C23H22ClN5O5S. The Morgan fingerprint density at radius 3 is 2.83 bits per heavy atom. The molecule has 0 radical (unpaired) electrons. The summed E-state index contributed by atoms with van der Waals surface area (Å²) in [6, 6.07) is 10.6. The normalized spacial score (nSPS) is 14.9. The second-order valence-electron chi connectivity index (χ2n) is 7.75. The summed E-state index contributed by atoms with van der Waals surface area (Å²) in [4.78, 5) is 28.3. The van der Waals surface area contributed by atoms with Crippen LogP contribution in [0.2, 0.25) is 5.02 Å². The van der Waals surface area contributed by atoms with Gasteiger partial charge in [-0.25, -0.2) is 9.48 Å². The Balaban J connectivity index is 1.75. The predicted molar refractivity (Wildman–Crippen MR) is 132 cm³/mol. The molecule has 1 unspecified atom stereocenters. The number of phenolic OH excluding ortho intramolecular Hbond substituents is 1. The number of benzene rings is 2. The fourth-order valence-corrected chi connectivity index (χ4v) is 4.77. The quantitative estimate of drug-likeness (QED) is 0.182. The standard InChI is InChI=1S/C23H22ClN5O5S/c1-3-10-34-21(31)19-13(2)25-22-26-23(35-12-15-6-4-5-7-16(15)24)27-28(22)20(19)14-8-9-18(30)17(11-14)29(32)33/h4-9,11,20,30H,3,10,12H2,1-2H3,(H,25,26,27). The van der Waals surface area contributed by atoms with E-state index < -0.39 is 28.4 Å². The second kappa shape index (κ2) is 10.4. The van der Waals surface area contributed by atoms with E-state index in [-0.39, 0.29) is 12.2 Å². The smallest absolute Gasteiger partial charge is 0.338 e. The maximum Gasteiger partial charge on any atom is 0.338 e. The van der Waals surface area contributed by atoms with E-state index >= 15 is 0 Å². The van der Waals surface area contributed by atoms with Crippen molar-refractivity contribution < 1.29 is 19.6 Å². The molecule has 1 atom stereocenters. The molecule has 1 aliphatic heterocycles. The average molecular weight is 516 g/mol. The van der Waals surface area contributed by atoms with Crippen LogP contribution in [0.15, 0.2) is 58.9 Å². The summed E-state index contributed by atoms with van der Waals surface area (Å²) in [5.74, 6) is -0.143. The molecule has 2 aromatic carbocycles. The number of esters is 1. The highest BCUT2D eigenvalue weighted by atomic mass is 35.5. The van der Waals surface area contributed by atoms with Crippen LogP contribution in [-0.2, 0) is 15.3 Å². The highest BCUT2D eigenvalue weighted by molar-refractivity contribution is 7.98. The van der Waals surface area contributed by atoms with Crippen molar-refractivity contribution in [3.05, 3.63) is 80.0 Å². The molecule has 1 aliphatic rings. The summed E-state index contributed by atoms with van der Waals surface area (Å²) in [7, 11) is 0. The minimum atomic E-state index is -0.850. The molecule has 4 rings (SSSR count). The number of halogens is 1. The van der Waals surface area contributed by atoms with Crippen LogP contribution in [0, 0.1) is 10.1 Å². The Hall–Kier alpha value is -3.57. The highest BCUT2D eigenvalue weighted by Gasteiger charge is 2.36. The number of nitrogens with one attached hydrogen (secondary N) is 1. The van der Waals surface area contributed by atoms with Gasteiger partial charge in [0.15, 0.2) is 5.75 Å². The van der Waals surface area contributed by atoms with Gasteiger partial charge in [0, 0.05) is 22.5 Å². The monoisotopic (exact) mass is 515 g/mol. The summed E-state index contributed by atoms with van der Waals surface area (Å²) in [5.41, 5.74) is 1.57. The number of hydrogen-bond acceptors (Lipinski definition) is 9. The molecule has 35 heavy (non-hydrogen) atoms. The Kier molecular flexibility index (Phi) is 7.27. The van der Waals surface area contributed by atoms with Crippen molar-refractivity contribution in [3.63, 3.8) is 0 Å². The summed E-state index contributed by atoms with van der Waals surface area (Å²) in [6.45, 7) is 3.81. The molecule has 3 aromatic rings. The number of carbonyl (C=O) groups is 1. The number of fused-ring (bicyclic) bond motifs is 1. The van der Waals surface area contributed by atoms with Crippen LogP contribution in [0.3, 0.4) is 0 Å². The summed E-state index contributed by atoms with van der Waals surface area (Å²) >= 11 is 7.62. The lowest BCUT2D eigenvalue weighted by molar-refractivity contribution is -0.385. The zero-order valence-corrected chi connectivity index (χ0v) is 20.5. The van der Waals surface area contributed by atoms with Crippen molar-refractivity contribution >= 4 is 41.0 Å². The van der Waals surface area contributed by atoms with Crippen LogP contribution >= 0.6 is 23.4 Å². The molecule has 0 saturated heterocycles. The van der Waals surface area contributed by atoms with E-state index in [0.29, 0.717) is 39.6 Å². The molecule has 10 nitrogen and oxygen atoms in total. The van der Waals surface area contributed by atoms with E-state index in [9.17, 15) is 20.0 Å². The van der Waals surface area contributed by atoms with Gasteiger partial charge in [-0.1, -0.05) is 54.6 Å². The van der Waals surface area contributed by atoms with Crippen molar-refractivity contribution in [2.24, 2.45) is 0 Å². The average Bonchev–Trinajstić information content (AvgIpc) is 3.23. The summed E-state index contributed by atoms with van der Waals surface area (Å²) in [5, 5.41) is 30.1. The number of carbonyl (C=O) groups excluding carboxylic acids is 1. The molecular weight excluding hydrogens is 494 g/mol. The van der Waals surface area contributed by atoms with E-state index in [1.807, 2.05) is 25.1 Å². The first kappa shape index (κ1) is 24.6. The van der Waals surface area contributed by atoms with Crippen molar-refractivity contribution in [2.75, 3.05) is 11.9 Å². The molecule has 0 spiro atoms. The van der Waals surface area contributed by atoms with Gasteiger partial charge in [0.2, 0.25) is 11.1 Å². The minimum Gasteiger partial charge on any atom is -0.502 e. The number of aromatic hydroxyl groups is 1. The van der Waals surface area contributed by atoms with Crippen LogP contribution in [0.1, 0.15) is 37.4 Å². The maximum atomic E-state index is 13.0. The zero-order valence-electron chi connectivity index (χ0n) is 18.9. The van der Waals surface area contributed by atoms with Gasteiger partial charge in [-0.2, -0.15) is 4.98 Å². The van der Waals surface area contributed by atoms with Gasteiger partial charge in [-0.05, 0) is 36.6 Å². The molecule has 0 bridgehead atoms. The van der Waals surface area contributed by atoms with Gasteiger partial charge >= 0.3 is 11.7 Å². The van der Waals surface area contributed by atoms with E-state index in [1.54, 1.807) is 13.0 Å². The van der Waals surface area contributed by atoms with Crippen LogP contribution in [0.25, 0.3) is 0 Å². The first-order chi connectivity index (χ1) is 16.8. The Morgan fingerprint density at radius 2 is 2.11 bits per heavy atom. The molecule has 0 fully saturated rings. The fourth-order valence-electron chi connectivity index (χ4n) is 3.65. The molecule has 2 N–H and O–H groups in total. The van der Waals surface area contributed by atoms with Crippen molar-refractivity contribution in [2.45, 2.75) is 37.2 Å². The van der Waals surface area contributed by atoms with Crippen LogP contribution < -0.4 is 5.32 Å². The number of aromatic nitrogens is 3. The van der Waals surface area contributed by atoms with Crippen molar-refractivity contribution in [3.8, 4) is 5.75 Å². The molecule has 0 aliphatic carbocycles. The third kappa shape index (κ3) is 5.10. The van der Waals surface area contributed by atoms with Gasteiger partial charge < -0.3 is 15.2 Å². The number of nitrogens with zero attached hydrogens (tertiary/aromatic N) is 4. The lowest BCUT2D eigenvalue weighted by Gasteiger charge is -2.28. The zero-order chi connectivity index (χ0) is 25.1. The number of ether oxygens (including phenoxy) is 1. The third-order valence-corrected chi connectivity index (χ3v) is 6.57. The number of hydrogen-bond donors (Lipinski definition) is 2. The van der Waals surface area contributed by atoms with Gasteiger partial charge in [0.25, 0.3) is 0 Å². The number of nitro benzene ring substituents is 1. The third-order valence-electron chi connectivity index (χ3n) is 5.32. The molecule has 12 heteroatoms. The minimum absolute atomic E-state index is 0.223. The predicted octanol–water partition coefficient (Wildman–Crippen LogP) is 5.08. The first-order valence-electron chi connectivity index (χ1n) is 10.7. The van der Waals surface area contributed by atoms with Gasteiger partial charge in [0.1, 0.15) is 6.04 Å². The van der Waals surface area contributed by atoms with E-state index in [1.165, 1.54) is 34.6 Å². The number of nitro groups is 1. The number of allylic oxidation sites excluding steroid dienone is 1. The van der Waals surface area contributed by atoms with E-state index in [0.717, 1.165) is 5.56 Å². The SMILES string of the molecule is CCCOC(=O)C1=C(C)Nc2nc(SCc3ccccc3Cl)nn2C1c1ccc(O)c([N+](=O)[O-])c1. The van der Waals surface area contributed by atoms with Crippen LogP contribution in [0.4, 0.5) is 11.6 Å². The van der Waals surface area contributed by atoms with E-state index in [2.05, 4.69) is 15.4 Å². The highest BCUT2D eigenvalue weighted by Crippen LogP contribution is 2.39. The van der Waals surface area contributed by atoms with Gasteiger partial charge in [-0.15, -0.1) is 5.10 Å². The molecule has 1 aromatic heterocycles. The Bertz CT molecular complexity index is 1330. The Labute approximate surface area is 210 Å². The van der Waals surface area contributed by atoms with Crippen molar-refractivity contribution in [1.29, 1.82) is 0 Å². The molecule has 2 heterocycles. The number of thioether (sulfide) groups is 1. The summed E-state index contributed by atoms with van der Waals surface area (Å²) in [6.07, 6.45) is 0.637. The van der Waals surface area contributed by atoms with E-state index in [4.69, 9.17) is 16.3 Å². The fraction of sp³-hybridized carbons (Fsp3) is 0.261. The molecule has 0 amide bonds. The van der Waals surface area contributed by atoms with Gasteiger partial charge in [0.05, 0.1) is 17.1 Å². The lowest BCUT2D eigenvalue weighted by atomic mass is 9.95. The van der Waals surface area contributed by atoms with Crippen LogP contribution in [-0.4, -0.2) is 37.4 Å².